The molecule has 2 aliphatic heterocycles. The van der Waals surface area contributed by atoms with Gasteiger partial charge in [-0.1, -0.05) is 30.3 Å². The molecule has 1 aliphatic carbocycles. The second-order valence-corrected chi connectivity index (χ2v) is 9.97. The molecule has 5 rings (SSSR count). The molecule has 9 nitrogen and oxygen atoms in total. The lowest BCUT2D eigenvalue weighted by molar-refractivity contribution is -0.142. The van der Waals surface area contributed by atoms with Gasteiger partial charge in [-0.2, -0.15) is 5.10 Å². The number of carbonyl (C=O) groups is 2. The molecule has 2 heterocycles. The van der Waals surface area contributed by atoms with Crippen molar-refractivity contribution in [1.82, 2.24) is 14.8 Å². The highest BCUT2D eigenvalue weighted by atomic mass is 16.5. The number of benzene rings is 2. The first-order valence-electron chi connectivity index (χ1n) is 13.3. The fraction of sp³-hybridized carbons (Fsp3) is 0.483. The van der Waals surface area contributed by atoms with Gasteiger partial charge in [0.2, 0.25) is 5.91 Å². The van der Waals surface area contributed by atoms with Gasteiger partial charge in [0.25, 0.3) is 5.91 Å². The monoisotopic (exact) mass is 520 g/mol. The summed E-state index contributed by atoms with van der Waals surface area (Å²) >= 11 is 0. The average molecular weight is 521 g/mol. The van der Waals surface area contributed by atoms with Crippen LogP contribution in [0.4, 0.5) is 0 Å². The molecule has 2 aromatic rings. The van der Waals surface area contributed by atoms with Gasteiger partial charge in [-0.15, -0.1) is 0 Å². The van der Waals surface area contributed by atoms with Gasteiger partial charge in [0, 0.05) is 50.1 Å². The molecule has 1 atom stereocenters. The van der Waals surface area contributed by atoms with Crippen LogP contribution in [0.15, 0.2) is 53.6 Å². The number of methoxy groups -OCH3 is 2. The van der Waals surface area contributed by atoms with Crippen molar-refractivity contribution in [3.05, 3.63) is 59.7 Å². The number of amides is 2. The predicted octanol–water partition coefficient (Wildman–Crippen LogP) is 2.95. The third-order valence-corrected chi connectivity index (χ3v) is 7.42. The van der Waals surface area contributed by atoms with Crippen molar-refractivity contribution in [3.63, 3.8) is 0 Å². The molecule has 0 radical (unpaired) electrons. The van der Waals surface area contributed by atoms with E-state index >= 15 is 0 Å². The summed E-state index contributed by atoms with van der Waals surface area (Å²) in [4.78, 5) is 31.0. The Balaban J connectivity index is 1.38. The van der Waals surface area contributed by atoms with E-state index in [1.54, 1.807) is 24.1 Å². The van der Waals surface area contributed by atoms with Crippen molar-refractivity contribution in [2.75, 3.05) is 60.2 Å². The molecule has 0 N–H and O–H groups in total. The Labute approximate surface area is 223 Å². The van der Waals surface area contributed by atoms with Crippen LogP contribution in [0.3, 0.4) is 0 Å². The molecule has 2 amide bonds. The first kappa shape index (κ1) is 26.2. The van der Waals surface area contributed by atoms with Crippen LogP contribution in [-0.2, 0) is 14.3 Å². The molecule has 3 aliphatic rings. The van der Waals surface area contributed by atoms with Crippen LogP contribution in [0.25, 0.3) is 0 Å². The first-order chi connectivity index (χ1) is 18.6. The maximum atomic E-state index is 13.8. The smallest absolute Gasteiger partial charge is 0.262 e. The number of ether oxygens (including phenoxy) is 3. The number of nitrogens with zero attached hydrogens (tertiary/aromatic N) is 4. The zero-order valence-electron chi connectivity index (χ0n) is 22.2. The molecular formula is C29H36N4O5. The summed E-state index contributed by atoms with van der Waals surface area (Å²) in [5.41, 5.74) is 2.59. The minimum absolute atomic E-state index is 0.0134. The Kier molecular flexibility index (Phi) is 8.24. The Morgan fingerprint density at radius 3 is 2.50 bits per heavy atom. The molecular weight excluding hydrogens is 484 g/mol. The molecule has 0 bridgehead atoms. The largest absolute Gasteiger partial charge is 0.497 e. The van der Waals surface area contributed by atoms with Gasteiger partial charge >= 0.3 is 0 Å². The Morgan fingerprint density at radius 1 is 1.05 bits per heavy atom. The van der Waals surface area contributed by atoms with E-state index in [1.807, 2.05) is 48.5 Å². The molecule has 202 valence electrons. The second kappa shape index (κ2) is 12.0. The number of carbonyl (C=O) groups excluding carboxylic acids is 2. The van der Waals surface area contributed by atoms with E-state index in [4.69, 9.17) is 19.3 Å². The number of hydrogen-bond acceptors (Lipinski definition) is 7. The molecule has 0 spiro atoms. The maximum Gasteiger partial charge on any atom is 0.262 e. The minimum atomic E-state index is -0.261. The molecule has 38 heavy (non-hydrogen) atoms. The van der Waals surface area contributed by atoms with E-state index in [-0.39, 0.29) is 30.3 Å². The van der Waals surface area contributed by atoms with Gasteiger partial charge in [0.05, 0.1) is 39.2 Å². The highest BCUT2D eigenvalue weighted by Crippen LogP contribution is 2.36. The maximum absolute atomic E-state index is 13.8. The lowest BCUT2D eigenvalue weighted by atomic mass is 9.98. The quantitative estimate of drug-likeness (QED) is 0.479. The van der Waals surface area contributed by atoms with Crippen LogP contribution < -0.4 is 9.47 Å². The van der Waals surface area contributed by atoms with Gasteiger partial charge < -0.3 is 19.1 Å². The minimum Gasteiger partial charge on any atom is -0.497 e. The normalized spacial score (nSPS) is 19.7. The molecule has 2 aromatic carbocycles. The summed E-state index contributed by atoms with van der Waals surface area (Å²) in [6, 6.07) is 15.3. The summed E-state index contributed by atoms with van der Waals surface area (Å²) in [5.74, 6) is 1.26. The Morgan fingerprint density at radius 2 is 1.82 bits per heavy atom. The number of rotatable bonds is 10. The van der Waals surface area contributed by atoms with Crippen LogP contribution in [0.1, 0.15) is 36.4 Å². The topological polar surface area (TPSA) is 83.9 Å². The fourth-order valence-corrected chi connectivity index (χ4v) is 5.05. The van der Waals surface area contributed by atoms with E-state index in [9.17, 15) is 9.59 Å². The number of morpholine rings is 1. The lowest BCUT2D eigenvalue weighted by Crippen LogP contribution is -2.47. The van der Waals surface area contributed by atoms with Crippen molar-refractivity contribution in [2.45, 2.75) is 25.3 Å². The van der Waals surface area contributed by atoms with Crippen molar-refractivity contribution in [3.8, 4) is 11.5 Å². The lowest BCUT2D eigenvalue weighted by Gasteiger charge is -2.31. The molecule has 1 saturated heterocycles. The van der Waals surface area contributed by atoms with Crippen LogP contribution in [0, 0.1) is 5.92 Å². The summed E-state index contributed by atoms with van der Waals surface area (Å²) in [7, 11) is 3.22. The summed E-state index contributed by atoms with van der Waals surface area (Å²) < 4.78 is 16.4. The molecule has 9 heteroatoms. The first-order valence-corrected chi connectivity index (χ1v) is 13.3. The van der Waals surface area contributed by atoms with Crippen LogP contribution in [0.2, 0.25) is 0 Å². The second-order valence-electron chi connectivity index (χ2n) is 9.97. The third kappa shape index (κ3) is 6.00. The molecule has 1 saturated carbocycles. The molecule has 0 unspecified atom stereocenters. The highest BCUT2D eigenvalue weighted by Gasteiger charge is 2.38. The molecule has 2 fully saturated rings. The zero-order chi connectivity index (χ0) is 26.5. The highest BCUT2D eigenvalue weighted by molar-refractivity contribution is 6.05. The summed E-state index contributed by atoms with van der Waals surface area (Å²) in [6.07, 6.45) is 2.34. The van der Waals surface area contributed by atoms with Crippen molar-refractivity contribution in [1.29, 1.82) is 0 Å². The Bertz CT molecular complexity index is 1160. The van der Waals surface area contributed by atoms with Crippen molar-refractivity contribution in [2.24, 2.45) is 11.0 Å². The van der Waals surface area contributed by atoms with Crippen LogP contribution >= 0.6 is 0 Å². The number of hydrazone groups is 1. The van der Waals surface area contributed by atoms with E-state index in [0.29, 0.717) is 37.7 Å². The van der Waals surface area contributed by atoms with Gasteiger partial charge in [-0.05, 0) is 30.5 Å². The van der Waals surface area contributed by atoms with Crippen LogP contribution in [0.5, 0.6) is 11.5 Å². The van der Waals surface area contributed by atoms with E-state index in [0.717, 1.165) is 49.3 Å². The van der Waals surface area contributed by atoms with Gasteiger partial charge in [0.15, 0.2) is 0 Å². The van der Waals surface area contributed by atoms with Gasteiger partial charge in [-0.3, -0.25) is 14.5 Å². The van der Waals surface area contributed by atoms with E-state index < -0.39 is 0 Å². The Hall–Kier alpha value is -3.43. The van der Waals surface area contributed by atoms with Crippen molar-refractivity contribution >= 4 is 17.5 Å². The van der Waals surface area contributed by atoms with Gasteiger partial charge in [-0.25, -0.2) is 5.01 Å². The zero-order valence-corrected chi connectivity index (χ0v) is 22.2. The SMILES string of the molecule is COc1ccc(C2=NN(C(=O)CN(CCN3CCOCC3)C(=O)C3CC3)[C@@H](c3ccccc3)C2)c(OC)c1. The fourth-order valence-electron chi connectivity index (χ4n) is 5.05. The van der Waals surface area contributed by atoms with E-state index in [2.05, 4.69) is 4.90 Å². The third-order valence-electron chi connectivity index (χ3n) is 7.42. The van der Waals surface area contributed by atoms with Gasteiger partial charge in [0.1, 0.15) is 18.0 Å². The van der Waals surface area contributed by atoms with Crippen LogP contribution in [-0.4, -0.2) is 92.5 Å². The summed E-state index contributed by atoms with van der Waals surface area (Å²) in [5, 5.41) is 6.38. The van der Waals surface area contributed by atoms with E-state index in [1.165, 1.54) is 0 Å². The average Bonchev–Trinajstić information content (AvgIpc) is 3.73. The number of hydrogen-bond donors (Lipinski definition) is 0. The molecule has 0 aromatic heterocycles. The standard InChI is InChI=1S/C29H36N4O5/c1-36-23-10-11-24(27(18-23)37-2)25-19-26(21-6-4-3-5-7-21)33(30-25)28(34)20-32(29(35)22-8-9-22)13-12-31-14-16-38-17-15-31/h3-7,10-11,18,22,26H,8-9,12-17,19-20H2,1-2H3/t26-/m1/s1. The predicted molar refractivity (Wildman–Crippen MR) is 143 cm³/mol. The van der Waals surface area contributed by atoms with Crippen molar-refractivity contribution < 1.29 is 23.8 Å². The summed E-state index contributed by atoms with van der Waals surface area (Å²) in [6.45, 7) is 4.36.